The van der Waals surface area contributed by atoms with Crippen molar-refractivity contribution in [1.82, 2.24) is 9.97 Å². The minimum Gasteiger partial charge on any atom is -0.472 e. The van der Waals surface area contributed by atoms with Crippen molar-refractivity contribution in [1.29, 1.82) is 0 Å². The lowest BCUT2D eigenvalue weighted by molar-refractivity contribution is 0.298. The van der Waals surface area contributed by atoms with E-state index >= 15 is 0 Å². The second kappa shape index (κ2) is 5.76. The molecule has 1 aromatic carbocycles. The first-order valence-corrected chi connectivity index (χ1v) is 7.74. The molecule has 3 rings (SSSR count). The summed E-state index contributed by atoms with van der Waals surface area (Å²) in [4.78, 5) is 9.70. The molecule has 0 atom stereocenters. The van der Waals surface area contributed by atoms with Crippen LogP contribution in [-0.4, -0.2) is 17.0 Å². The first-order chi connectivity index (χ1) is 9.76. The Morgan fingerprint density at radius 3 is 3.00 bits per heavy atom. The summed E-state index contributed by atoms with van der Waals surface area (Å²) in [6.07, 6.45) is 0. The van der Waals surface area contributed by atoms with Gasteiger partial charge in [-0.25, -0.2) is 4.98 Å². The maximum Gasteiger partial charge on any atom is 0.227 e. The van der Waals surface area contributed by atoms with Crippen molar-refractivity contribution in [3.63, 3.8) is 0 Å². The Labute approximate surface area is 129 Å². The van der Waals surface area contributed by atoms with Crippen LogP contribution in [0.1, 0.15) is 5.56 Å². The van der Waals surface area contributed by atoms with Crippen molar-refractivity contribution in [2.45, 2.75) is 6.61 Å². The average Bonchev–Trinajstić information content (AvgIpc) is 2.93. The van der Waals surface area contributed by atoms with Gasteiger partial charge < -0.3 is 10.1 Å². The van der Waals surface area contributed by atoms with Crippen molar-refractivity contribution in [2.24, 2.45) is 0 Å². The molecule has 2 aromatic heterocycles. The van der Waals surface area contributed by atoms with Crippen molar-refractivity contribution in [3.05, 3.63) is 45.7 Å². The molecule has 0 spiro atoms. The van der Waals surface area contributed by atoms with E-state index in [0.29, 0.717) is 18.4 Å². The molecule has 20 heavy (non-hydrogen) atoms. The number of fused-ring (bicyclic) bond motifs is 1. The number of nitrogens with one attached hydrogen (secondary N) is 1. The minimum atomic E-state index is 0.477. The molecule has 0 saturated carbocycles. The molecule has 0 aliphatic rings. The van der Waals surface area contributed by atoms with Gasteiger partial charge in [0.25, 0.3) is 0 Å². The number of anilines is 1. The first kappa shape index (κ1) is 13.3. The second-order valence-corrected chi connectivity index (χ2v) is 5.97. The van der Waals surface area contributed by atoms with Crippen LogP contribution in [0, 0.1) is 0 Å². The lowest BCUT2D eigenvalue weighted by atomic mass is 10.2. The van der Waals surface area contributed by atoms with Gasteiger partial charge in [-0.3, -0.25) is 0 Å². The third kappa shape index (κ3) is 2.76. The third-order valence-electron chi connectivity index (χ3n) is 2.78. The molecule has 0 aliphatic carbocycles. The largest absolute Gasteiger partial charge is 0.472 e. The SMILES string of the molecule is CNc1nc(OCc2cccc(Br)c2)c2ccsc2n1. The molecular formula is C14H12BrN3OS. The Morgan fingerprint density at radius 2 is 2.20 bits per heavy atom. The van der Waals surface area contributed by atoms with Crippen LogP contribution in [0.3, 0.4) is 0 Å². The van der Waals surface area contributed by atoms with E-state index in [9.17, 15) is 0 Å². The molecule has 4 nitrogen and oxygen atoms in total. The highest BCUT2D eigenvalue weighted by molar-refractivity contribution is 9.10. The Balaban J connectivity index is 1.88. The maximum absolute atomic E-state index is 5.86. The monoisotopic (exact) mass is 349 g/mol. The molecule has 0 bridgehead atoms. The smallest absolute Gasteiger partial charge is 0.227 e. The lowest BCUT2D eigenvalue weighted by Gasteiger charge is -2.08. The predicted octanol–water partition coefficient (Wildman–Crippen LogP) is 4.07. The molecule has 2 heterocycles. The summed E-state index contributed by atoms with van der Waals surface area (Å²) in [7, 11) is 1.80. The van der Waals surface area contributed by atoms with Gasteiger partial charge >= 0.3 is 0 Å². The van der Waals surface area contributed by atoms with Crippen molar-refractivity contribution in [3.8, 4) is 5.88 Å². The molecule has 0 unspecified atom stereocenters. The lowest BCUT2D eigenvalue weighted by Crippen LogP contribution is -2.01. The van der Waals surface area contributed by atoms with Crippen LogP contribution in [0.4, 0.5) is 5.95 Å². The van der Waals surface area contributed by atoms with Gasteiger partial charge in [0.2, 0.25) is 11.8 Å². The van der Waals surface area contributed by atoms with Gasteiger partial charge in [-0.05, 0) is 29.1 Å². The molecule has 0 amide bonds. The van der Waals surface area contributed by atoms with Gasteiger partial charge in [-0.15, -0.1) is 11.3 Å². The van der Waals surface area contributed by atoms with Crippen molar-refractivity contribution >= 4 is 43.4 Å². The first-order valence-electron chi connectivity index (χ1n) is 6.06. The normalized spacial score (nSPS) is 10.7. The van der Waals surface area contributed by atoms with E-state index in [1.165, 1.54) is 0 Å². The molecule has 102 valence electrons. The van der Waals surface area contributed by atoms with E-state index < -0.39 is 0 Å². The van der Waals surface area contributed by atoms with Crippen LogP contribution in [0.15, 0.2) is 40.2 Å². The Kier molecular flexibility index (Phi) is 3.84. The van der Waals surface area contributed by atoms with E-state index in [1.807, 2.05) is 35.7 Å². The zero-order valence-electron chi connectivity index (χ0n) is 10.8. The van der Waals surface area contributed by atoms with Gasteiger partial charge in [-0.2, -0.15) is 4.98 Å². The van der Waals surface area contributed by atoms with Gasteiger partial charge in [0.05, 0.1) is 5.39 Å². The van der Waals surface area contributed by atoms with Crippen molar-refractivity contribution < 1.29 is 4.74 Å². The summed E-state index contributed by atoms with van der Waals surface area (Å²) in [6.45, 7) is 0.477. The fraction of sp³-hybridized carbons (Fsp3) is 0.143. The Hall–Kier alpha value is -1.66. The number of rotatable bonds is 4. The van der Waals surface area contributed by atoms with E-state index in [-0.39, 0.29) is 0 Å². The molecule has 0 radical (unpaired) electrons. The highest BCUT2D eigenvalue weighted by Gasteiger charge is 2.09. The molecule has 0 fully saturated rings. The number of ether oxygens (including phenoxy) is 1. The number of hydrogen-bond acceptors (Lipinski definition) is 5. The number of nitrogens with zero attached hydrogens (tertiary/aromatic N) is 2. The quantitative estimate of drug-likeness (QED) is 0.770. The Bertz CT molecular complexity index is 744. The molecule has 6 heteroatoms. The summed E-state index contributed by atoms with van der Waals surface area (Å²) < 4.78 is 6.90. The molecular weight excluding hydrogens is 338 g/mol. The summed E-state index contributed by atoms with van der Waals surface area (Å²) in [5, 5.41) is 5.89. The predicted molar refractivity (Wildman–Crippen MR) is 85.4 cm³/mol. The summed E-state index contributed by atoms with van der Waals surface area (Å²) in [5.74, 6) is 1.18. The van der Waals surface area contributed by atoms with Gasteiger partial charge in [0.15, 0.2) is 0 Å². The topological polar surface area (TPSA) is 47.0 Å². The Morgan fingerprint density at radius 1 is 1.30 bits per heavy atom. The van der Waals surface area contributed by atoms with Gasteiger partial charge in [0.1, 0.15) is 11.4 Å². The fourth-order valence-corrected chi connectivity index (χ4v) is 3.03. The van der Waals surface area contributed by atoms with Crippen LogP contribution in [0.5, 0.6) is 5.88 Å². The van der Waals surface area contributed by atoms with Gasteiger partial charge in [-0.1, -0.05) is 28.1 Å². The van der Waals surface area contributed by atoms with Crippen LogP contribution in [0.2, 0.25) is 0 Å². The van der Waals surface area contributed by atoms with E-state index in [0.717, 1.165) is 20.3 Å². The third-order valence-corrected chi connectivity index (χ3v) is 4.08. The summed E-state index contributed by atoms with van der Waals surface area (Å²) in [6, 6.07) is 10.0. The fourth-order valence-electron chi connectivity index (χ4n) is 1.83. The van der Waals surface area contributed by atoms with Gasteiger partial charge in [0, 0.05) is 11.5 Å². The number of halogens is 1. The van der Waals surface area contributed by atoms with Crippen LogP contribution < -0.4 is 10.1 Å². The van der Waals surface area contributed by atoms with Crippen LogP contribution in [-0.2, 0) is 6.61 Å². The zero-order chi connectivity index (χ0) is 13.9. The number of aromatic nitrogens is 2. The highest BCUT2D eigenvalue weighted by atomic mass is 79.9. The average molecular weight is 350 g/mol. The number of benzene rings is 1. The maximum atomic E-state index is 5.86. The van der Waals surface area contributed by atoms with E-state index in [1.54, 1.807) is 18.4 Å². The van der Waals surface area contributed by atoms with Crippen molar-refractivity contribution in [2.75, 3.05) is 12.4 Å². The molecule has 0 saturated heterocycles. The highest BCUT2D eigenvalue weighted by Crippen LogP contribution is 2.28. The van der Waals surface area contributed by atoms with E-state index in [2.05, 4.69) is 31.2 Å². The standard InChI is InChI=1S/C14H12BrN3OS/c1-16-14-17-12(11-5-6-20-13(11)18-14)19-8-9-3-2-4-10(15)7-9/h2-7H,8H2,1H3,(H,16,17,18). The number of hydrogen-bond donors (Lipinski definition) is 1. The van der Waals surface area contributed by atoms with E-state index in [4.69, 9.17) is 4.74 Å². The molecule has 1 N–H and O–H groups in total. The van der Waals surface area contributed by atoms with Crippen LogP contribution in [0.25, 0.3) is 10.2 Å². The second-order valence-electron chi connectivity index (χ2n) is 4.16. The zero-order valence-corrected chi connectivity index (χ0v) is 13.2. The van der Waals surface area contributed by atoms with Crippen LogP contribution >= 0.6 is 27.3 Å². The summed E-state index contributed by atoms with van der Waals surface area (Å²) >= 11 is 5.03. The number of thiophene rings is 1. The molecule has 3 aromatic rings. The molecule has 0 aliphatic heterocycles. The summed E-state index contributed by atoms with van der Waals surface area (Å²) in [5.41, 5.74) is 1.09. The minimum absolute atomic E-state index is 0.477.